The van der Waals surface area contributed by atoms with Crippen molar-refractivity contribution in [2.75, 3.05) is 59.8 Å². The van der Waals surface area contributed by atoms with E-state index in [2.05, 4.69) is 39.8 Å². The fourth-order valence-corrected chi connectivity index (χ4v) is 5.86. The van der Waals surface area contributed by atoms with E-state index < -0.39 is 0 Å². The second kappa shape index (κ2) is 12.7. The molecule has 3 saturated heterocycles. The highest BCUT2D eigenvalue weighted by molar-refractivity contribution is 5.88. The van der Waals surface area contributed by atoms with Crippen molar-refractivity contribution in [1.29, 1.82) is 0 Å². The number of piperidine rings is 1. The summed E-state index contributed by atoms with van der Waals surface area (Å²) in [6.07, 6.45) is 8.19. The molecule has 0 aliphatic carbocycles. The molecule has 6 heterocycles. The molecule has 1 N–H and O–H groups in total. The number of methoxy groups -OCH3 is 1. The molecule has 4 aromatic rings. The molecule has 9 heteroatoms. The van der Waals surface area contributed by atoms with Crippen LogP contribution in [0.3, 0.4) is 0 Å². The summed E-state index contributed by atoms with van der Waals surface area (Å²) >= 11 is 0. The van der Waals surface area contributed by atoms with Crippen LogP contribution in [0.4, 0.5) is 0 Å². The van der Waals surface area contributed by atoms with Gasteiger partial charge >= 0.3 is 0 Å². The molecule has 43 heavy (non-hydrogen) atoms. The standard InChI is InChI=1S/C28H32N4O4.C6H12O/c1-19-12-20-13-21(16-30-27(20)31-19)36-24-4-7-29-23-15-26(25(33-2)14-22(23)24)35-11-3-8-32-9-5-28(6-10-32)17-34-18-28;1-3-6(2)4-7-5-6/h4,7,12-16H,3,5-6,8-11,17-18H2,1-2H3,(H,30,31);3-5H2,1-2H3. The molecule has 0 unspecified atom stereocenters. The Labute approximate surface area is 253 Å². The van der Waals surface area contributed by atoms with Gasteiger partial charge in [0, 0.05) is 46.1 Å². The number of aryl methyl sites for hydroxylation is 1. The van der Waals surface area contributed by atoms with Gasteiger partial charge < -0.3 is 33.6 Å². The summed E-state index contributed by atoms with van der Waals surface area (Å²) in [5, 5.41) is 1.87. The second-order valence-electron chi connectivity index (χ2n) is 12.7. The largest absolute Gasteiger partial charge is 0.493 e. The summed E-state index contributed by atoms with van der Waals surface area (Å²) in [7, 11) is 1.66. The first kappa shape index (κ1) is 29.7. The number of fused-ring (bicyclic) bond motifs is 2. The van der Waals surface area contributed by atoms with Crippen molar-refractivity contribution in [2.24, 2.45) is 10.8 Å². The van der Waals surface area contributed by atoms with E-state index in [1.807, 2.05) is 31.2 Å². The smallest absolute Gasteiger partial charge is 0.163 e. The molecule has 3 fully saturated rings. The molecule has 7 rings (SSSR count). The van der Waals surface area contributed by atoms with Crippen LogP contribution in [-0.4, -0.2) is 79.6 Å². The Balaban J connectivity index is 0.000000415. The third kappa shape index (κ3) is 6.74. The van der Waals surface area contributed by atoms with Crippen molar-refractivity contribution >= 4 is 21.9 Å². The Kier molecular flexibility index (Phi) is 8.75. The molecule has 0 amide bonds. The Morgan fingerprint density at radius 3 is 2.42 bits per heavy atom. The number of hydrogen-bond donors (Lipinski definition) is 1. The highest BCUT2D eigenvalue weighted by Crippen LogP contribution is 2.39. The minimum atomic E-state index is 0.478. The molecule has 0 bridgehead atoms. The number of benzene rings is 1. The van der Waals surface area contributed by atoms with Crippen LogP contribution < -0.4 is 14.2 Å². The lowest BCUT2D eigenvalue weighted by Crippen LogP contribution is -2.51. The molecule has 3 aliphatic heterocycles. The number of rotatable bonds is 9. The molecular formula is C34H44N4O5. The van der Waals surface area contributed by atoms with Crippen molar-refractivity contribution in [3.05, 3.63) is 48.4 Å². The lowest BCUT2D eigenvalue weighted by Gasteiger charge is -2.47. The number of pyridine rings is 2. The van der Waals surface area contributed by atoms with Crippen LogP contribution in [0.15, 0.2) is 42.7 Å². The number of likely N-dealkylation sites (tertiary alicyclic amines) is 1. The number of hydrogen-bond acceptors (Lipinski definition) is 8. The second-order valence-corrected chi connectivity index (χ2v) is 12.7. The third-order valence-corrected chi connectivity index (χ3v) is 9.16. The first-order chi connectivity index (χ1) is 20.9. The molecule has 1 aromatic carbocycles. The maximum atomic E-state index is 6.21. The highest BCUT2D eigenvalue weighted by atomic mass is 16.5. The Morgan fingerprint density at radius 1 is 0.977 bits per heavy atom. The Bertz CT molecular complexity index is 1530. The van der Waals surface area contributed by atoms with Crippen LogP contribution in [0.1, 0.15) is 45.2 Å². The molecule has 3 aromatic heterocycles. The molecular weight excluding hydrogens is 544 g/mol. The first-order valence-electron chi connectivity index (χ1n) is 15.5. The number of nitrogens with zero attached hydrogens (tertiary/aromatic N) is 3. The van der Waals surface area contributed by atoms with Gasteiger partial charge in [-0.15, -0.1) is 0 Å². The van der Waals surface area contributed by atoms with E-state index in [1.165, 1.54) is 19.3 Å². The molecule has 230 valence electrons. The average molecular weight is 589 g/mol. The van der Waals surface area contributed by atoms with Crippen molar-refractivity contribution in [2.45, 2.75) is 46.5 Å². The fourth-order valence-electron chi connectivity index (χ4n) is 5.86. The fraction of sp³-hybridized carbons (Fsp3) is 0.529. The predicted molar refractivity (Wildman–Crippen MR) is 167 cm³/mol. The molecule has 0 radical (unpaired) electrons. The number of ether oxygens (including phenoxy) is 5. The van der Waals surface area contributed by atoms with Gasteiger partial charge in [0.05, 0.1) is 51.9 Å². The van der Waals surface area contributed by atoms with Crippen LogP contribution in [0.25, 0.3) is 21.9 Å². The summed E-state index contributed by atoms with van der Waals surface area (Å²) in [6.45, 7) is 14.3. The van der Waals surface area contributed by atoms with Crippen LogP contribution in [-0.2, 0) is 9.47 Å². The number of aromatic nitrogens is 3. The van der Waals surface area contributed by atoms with Gasteiger partial charge in [0.15, 0.2) is 11.5 Å². The van der Waals surface area contributed by atoms with Gasteiger partial charge in [-0.25, -0.2) is 4.98 Å². The van der Waals surface area contributed by atoms with Crippen LogP contribution in [0.5, 0.6) is 23.0 Å². The molecule has 9 nitrogen and oxygen atoms in total. The quantitative estimate of drug-likeness (QED) is 0.221. The van der Waals surface area contributed by atoms with E-state index in [0.717, 1.165) is 80.1 Å². The van der Waals surface area contributed by atoms with Crippen molar-refractivity contribution < 1.29 is 23.7 Å². The Hall–Kier alpha value is -3.40. The number of nitrogens with one attached hydrogen (secondary N) is 1. The van der Waals surface area contributed by atoms with E-state index >= 15 is 0 Å². The summed E-state index contributed by atoms with van der Waals surface area (Å²) < 4.78 is 28.5. The summed E-state index contributed by atoms with van der Waals surface area (Å²) in [4.78, 5) is 14.8. The van der Waals surface area contributed by atoms with Crippen LogP contribution in [0, 0.1) is 17.8 Å². The van der Waals surface area contributed by atoms with E-state index in [4.69, 9.17) is 23.7 Å². The van der Waals surface area contributed by atoms with Crippen LogP contribution >= 0.6 is 0 Å². The normalized spacial score (nSPS) is 18.9. The SMILES string of the molecule is CCC1(C)COC1.COc1cc2c(Oc3cnc4[nH]c(C)cc4c3)ccnc2cc1OCCCN1CCC2(CC1)COC2. The monoisotopic (exact) mass is 588 g/mol. The van der Waals surface area contributed by atoms with Gasteiger partial charge in [0.2, 0.25) is 0 Å². The van der Waals surface area contributed by atoms with Gasteiger partial charge in [-0.2, -0.15) is 0 Å². The summed E-state index contributed by atoms with van der Waals surface area (Å²) in [5.41, 5.74) is 3.72. The van der Waals surface area contributed by atoms with Crippen LogP contribution in [0.2, 0.25) is 0 Å². The zero-order valence-corrected chi connectivity index (χ0v) is 25.9. The van der Waals surface area contributed by atoms with E-state index in [0.29, 0.717) is 40.4 Å². The topological polar surface area (TPSA) is 91.0 Å². The average Bonchev–Trinajstić information content (AvgIpc) is 3.37. The van der Waals surface area contributed by atoms with Crippen molar-refractivity contribution in [1.82, 2.24) is 19.9 Å². The first-order valence-corrected chi connectivity index (χ1v) is 15.5. The zero-order chi connectivity index (χ0) is 29.9. The zero-order valence-electron chi connectivity index (χ0n) is 25.9. The summed E-state index contributed by atoms with van der Waals surface area (Å²) in [6, 6.07) is 9.75. The lowest BCUT2D eigenvalue weighted by atomic mass is 9.77. The lowest BCUT2D eigenvalue weighted by molar-refractivity contribution is -0.139. The van der Waals surface area contributed by atoms with E-state index in [-0.39, 0.29) is 0 Å². The minimum absolute atomic E-state index is 0.478. The third-order valence-electron chi connectivity index (χ3n) is 9.16. The maximum Gasteiger partial charge on any atom is 0.163 e. The van der Waals surface area contributed by atoms with E-state index in [1.54, 1.807) is 19.5 Å². The maximum absolute atomic E-state index is 6.21. The highest BCUT2D eigenvalue weighted by Gasteiger charge is 2.40. The van der Waals surface area contributed by atoms with Gasteiger partial charge in [0.25, 0.3) is 0 Å². The molecule has 1 spiro atoms. The van der Waals surface area contributed by atoms with Gasteiger partial charge in [-0.3, -0.25) is 4.98 Å². The van der Waals surface area contributed by atoms with Gasteiger partial charge in [-0.1, -0.05) is 13.8 Å². The number of aromatic amines is 1. The molecule has 0 saturated carbocycles. The summed E-state index contributed by atoms with van der Waals surface area (Å²) in [5.74, 6) is 2.73. The van der Waals surface area contributed by atoms with Gasteiger partial charge in [0.1, 0.15) is 17.1 Å². The molecule has 0 atom stereocenters. The van der Waals surface area contributed by atoms with E-state index in [9.17, 15) is 0 Å². The molecule has 3 aliphatic rings. The van der Waals surface area contributed by atoms with Crippen molar-refractivity contribution in [3.8, 4) is 23.0 Å². The minimum Gasteiger partial charge on any atom is -0.493 e. The van der Waals surface area contributed by atoms with Gasteiger partial charge in [-0.05, 0) is 70.0 Å². The predicted octanol–water partition coefficient (Wildman–Crippen LogP) is 6.53. The number of H-pyrrole nitrogens is 1. The Morgan fingerprint density at radius 2 is 1.77 bits per heavy atom. The van der Waals surface area contributed by atoms with Crippen molar-refractivity contribution in [3.63, 3.8) is 0 Å².